The van der Waals surface area contributed by atoms with Gasteiger partial charge < -0.3 is 10.8 Å². The maximum absolute atomic E-state index is 10.5. The minimum atomic E-state index is -0.165. The van der Waals surface area contributed by atoms with E-state index < -0.39 is 0 Å². The van der Waals surface area contributed by atoms with E-state index in [0.29, 0.717) is 13.0 Å². The fraction of sp³-hybridized carbons (Fsp3) is 0.941. The Kier molecular flexibility index (Phi) is 16.0. The van der Waals surface area contributed by atoms with Crippen LogP contribution in [-0.4, -0.2) is 17.6 Å². The van der Waals surface area contributed by atoms with E-state index in [1.165, 1.54) is 70.6 Å². The SMILES string of the molecule is NC(=O)CCCCCCCCCCCCCCCCO. The van der Waals surface area contributed by atoms with Gasteiger partial charge in [0.1, 0.15) is 0 Å². The van der Waals surface area contributed by atoms with E-state index in [1.54, 1.807) is 0 Å². The van der Waals surface area contributed by atoms with Gasteiger partial charge in [0.05, 0.1) is 0 Å². The van der Waals surface area contributed by atoms with Gasteiger partial charge in [-0.2, -0.15) is 0 Å². The van der Waals surface area contributed by atoms with Gasteiger partial charge in [0.15, 0.2) is 0 Å². The van der Waals surface area contributed by atoms with Crippen LogP contribution in [0.5, 0.6) is 0 Å². The molecule has 0 aliphatic rings. The van der Waals surface area contributed by atoms with Crippen molar-refractivity contribution >= 4 is 5.91 Å². The van der Waals surface area contributed by atoms with E-state index in [0.717, 1.165) is 19.3 Å². The minimum absolute atomic E-state index is 0.165. The molecule has 0 fully saturated rings. The number of primary amides is 1. The predicted molar refractivity (Wildman–Crippen MR) is 85.5 cm³/mol. The molecule has 120 valence electrons. The van der Waals surface area contributed by atoms with E-state index in [4.69, 9.17) is 10.8 Å². The zero-order chi connectivity index (χ0) is 14.9. The van der Waals surface area contributed by atoms with Crippen molar-refractivity contribution in [2.45, 2.75) is 96.3 Å². The Balaban J connectivity index is 2.94. The Morgan fingerprint density at radius 3 is 1.20 bits per heavy atom. The van der Waals surface area contributed by atoms with Gasteiger partial charge in [-0.3, -0.25) is 4.79 Å². The Morgan fingerprint density at radius 2 is 0.900 bits per heavy atom. The molecule has 0 atom stereocenters. The summed E-state index contributed by atoms with van der Waals surface area (Å²) in [7, 11) is 0. The molecule has 0 aliphatic heterocycles. The normalized spacial score (nSPS) is 10.8. The summed E-state index contributed by atoms with van der Waals surface area (Å²) in [5.41, 5.74) is 5.10. The monoisotopic (exact) mass is 285 g/mol. The van der Waals surface area contributed by atoms with Crippen molar-refractivity contribution in [3.63, 3.8) is 0 Å². The van der Waals surface area contributed by atoms with Gasteiger partial charge in [0, 0.05) is 13.0 Å². The average Bonchev–Trinajstić information content (AvgIpc) is 2.43. The molecule has 0 heterocycles. The molecular weight excluding hydrogens is 250 g/mol. The molecule has 0 aromatic heterocycles. The highest BCUT2D eigenvalue weighted by atomic mass is 16.2. The Morgan fingerprint density at radius 1 is 0.600 bits per heavy atom. The van der Waals surface area contributed by atoms with Crippen LogP contribution in [-0.2, 0) is 4.79 Å². The Hall–Kier alpha value is -0.570. The number of aliphatic hydroxyl groups is 1. The van der Waals surface area contributed by atoms with Gasteiger partial charge in [-0.1, -0.05) is 77.0 Å². The van der Waals surface area contributed by atoms with Gasteiger partial charge in [-0.15, -0.1) is 0 Å². The first-order valence-electron chi connectivity index (χ1n) is 8.66. The summed E-state index contributed by atoms with van der Waals surface area (Å²) in [6.45, 7) is 0.350. The summed E-state index contributed by atoms with van der Waals surface area (Å²) in [5, 5.41) is 8.66. The number of nitrogens with two attached hydrogens (primary N) is 1. The van der Waals surface area contributed by atoms with Crippen molar-refractivity contribution in [3.8, 4) is 0 Å². The molecule has 0 saturated carbocycles. The molecule has 0 saturated heterocycles. The number of unbranched alkanes of at least 4 members (excludes halogenated alkanes) is 13. The highest BCUT2D eigenvalue weighted by molar-refractivity contribution is 5.73. The second-order valence-corrected chi connectivity index (χ2v) is 5.89. The van der Waals surface area contributed by atoms with Crippen LogP contribution in [0.15, 0.2) is 0 Å². The molecule has 3 nitrogen and oxygen atoms in total. The molecule has 3 N–H and O–H groups in total. The molecule has 1 amide bonds. The highest BCUT2D eigenvalue weighted by Gasteiger charge is 1.96. The number of carbonyl (C=O) groups is 1. The van der Waals surface area contributed by atoms with E-state index in [2.05, 4.69) is 0 Å². The lowest BCUT2D eigenvalue weighted by Gasteiger charge is -2.03. The van der Waals surface area contributed by atoms with E-state index in [9.17, 15) is 4.79 Å². The topological polar surface area (TPSA) is 63.3 Å². The zero-order valence-corrected chi connectivity index (χ0v) is 13.2. The fourth-order valence-electron chi connectivity index (χ4n) is 2.53. The third-order valence-corrected chi connectivity index (χ3v) is 3.83. The molecule has 0 spiro atoms. The van der Waals surface area contributed by atoms with Crippen LogP contribution in [0.3, 0.4) is 0 Å². The predicted octanol–water partition coefficient (Wildman–Crippen LogP) is 4.32. The van der Waals surface area contributed by atoms with Crippen LogP contribution in [0.4, 0.5) is 0 Å². The fourth-order valence-corrected chi connectivity index (χ4v) is 2.53. The van der Waals surface area contributed by atoms with Gasteiger partial charge in [0.25, 0.3) is 0 Å². The summed E-state index contributed by atoms with van der Waals surface area (Å²) < 4.78 is 0. The molecule has 0 aliphatic carbocycles. The zero-order valence-electron chi connectivity index (χ0n) is 13.2. The summed E-state index contributed by atoms with van der Waals surface area (Å²) in [4.78, 5) is 10.5. The van der Waals surface area contributed by atoms with Crippen LogP contribution in [0.2, 0.25) is 0 Å². The molecule has 0 aromatic rings. The molecule has 3 heteroatoms. The maximum Gasteiger partial charge on any atom is 0.217 e. The summed E-state index contributed by atoms with van der Waals surface area (Å²) in [6.07, 6.45) is 18.2. The van der Waals surface area contributed by atoms with Crippen LogP contribution in [0, 0.1) is 0 Å². The molecule has 0 unspecified atom stereocenters. The van der Waals surface area contributed by atoms with E-state index >= 15 is 0 Å². The van der Waals surface area contributed by atoms with Crippen LogP contribution >= 0.6 is 0 Å². The second kappa shape index (κ2) is 16.5. The largest absolute Gasteiger partial charge is 0.396 e. The average molecular weight is 285 g/mol. The summed E-state index contributed by atoms with van der Waals surface area (Å²) in [6, 6.07) is 0. The van der Waals surface area contributed by atoms with Crippen molar-refractivity contribution in [2.75, 3.05) is 6.61 Å². The van der Waals surface area contributed by atoms with E-state index in [1.807, 2.05) is 0 Å². The first-order valence-corrected chi connectivity index (χ1v) is 8.66. The standard InChI is InChI=1S/C17H35NO2/c18-17(20)15-13-11-9-7-5-3-1-2-4-6-8-10-12-14-16-19/h19H,1-16H2,(H2,18,20). The van der Waals surface area contributed by atoms with Crippen molar-refractivity contribution in [3.05, 3.63) is 0 Å². The molecular formula is C17H35NO2. The minimum Gasteiger partial charge on any atom is -0.396 e. The first-order chi connectivity index (χ1) is 9.77. The lowest BCUT2D eigenvalue weighted by molar-refractivity contribution is -0.118. The first kappa shape index (κ1) is 19.4. The van der Waals surface area contributed by atoms with Gasteiger partial charge in [0.2, 0.25) is 5.91 Å². The number of rotatable bonds is 16. The number of amides is 1. The Bertz CT molecular complexity index is 207. The van der Waals surface area contributed by atoms with E-state index in [-0.39, 0.29) is 5.91 Å². The van der Waals surface area contributed by atoms with Gasteiger partial charge >= 0.3 is 0 Å². The molecule has 0 rings (SSSR count). The molecule has 0 radical (unpaired) electrons. The van der Waals surface area contributed by atoms with Crippen molar-refractivity contribution < 1.29 is 9.90 Å². The maximum atomic E-state index is 10.5. The number of hydrogen-bond donors (Lipinski definition) is 2. The summed E-state index contributed by atoms with van der Waals surface area (Å²) in [5.74, 6) is -0.165. The lowest BCUT2D eigenvalue weighted by atomic mass is 10.0. The summed E-state index contributed by atoms with van der Waals surface area (Å²) >= 11 is 0. The highest BCUT2D eigenvalue weighted by Crippen LogP contribution is 2.13. The van der Waals surface area contributed by atoms with Crippen molar-refractivity contribution in [1.29, 1.82) is 0 Å². The third-order valence-electron chi connectivity index (χ3n) is 3.83. The van der Waals surface area contributed by atoms with Gasteiger partial charge in [-0.25, -0.2) is 0 Å². The quantitative estimate of drug-likeness (QED) is 0.415. The Labute approximate surface area is 125 Å². The number of carbonyl (C=O) groups excluding carboxylic acids is 1. The lowest BCUT2D eigenvalue weighted by Crippen LogP contribution is -2.09. The van der Waals surface area contributed by atoms with Crippen molar-refractivity contribution in [2.24, 2.45) is 5.73 Å². The third kappa shape index (κ3) is 17.4. The smallest absolute Gasteiger partial charge is 0.217 e. The van der Waals surface area contributed by atoms with Crippen LogP contribution in [0.25, 0.3) is 0 Å². The number of aliphatic hydroxyl groups excluding tert-OH is 1. The van der Waals surface area contributed by atoms with Crippen molar-refractivity contribution in [1.82, 2.24) is 0 Å². The van der Waals surface area contributed by atoms with Crippen LogP contribution < -0.4 is 5.73 Å². The molecule has 0 aromatic carbocycles. The van der Waals surface area contributed by atoms with Crippen LogP contribution in [0.1, 0.15) is 96.3 Å². The molecule has 20 heavy (non-hydrogen) atoms. The number of hydrogen-bond acceptors (Lipinski definition) is 2. The van der Waals surface area contributed by atoms with Gasteiger partial charge in [-0.05, 0) is 12.8 Å². The second-order valence-electron chi connectivity index (χ2n) is 5.89. The molecule has 0 bridgehead atoms.